The van der Waals surface area contributed by atoms with Crippen LogP contribution in [0.4, 0.5) is 0 Å². The Bertz CT molecular complexity index is 975. The Morgan fingerprint density at radius 3 is 2.47 bits per heavy atom. The molecular weight excluding hydrogens is 404 g/mol. The van der Waals surface area contributed by atoms with Gasteiger partial charge in [-0.2, -0.15) is 4.31 Å². The van der Waals surface area contributed by atoms with Gasteiger partial charge in [0, 0.05) is 18.7 Å². The first-order chi connectivity index (χ1) is 14.4. The summed E-state index contributed by atoms with van der Waals surface area (Å²) in [5, 5.41) is 3.01. The Labute approximate surface area is 178 Å². The van der Waals surface area contributed by atoms with Crippen LogP contribution in [0.1, 0.15) is 31.4 Å². The molecular formula is C22H28N2O5S. The first-order valence-electron chi connectivity index (χ1n) is 9.94. The van der Waals surface area contributed by atoms with Gasteiger partial charge in [-0.1, -0.05) is 18.2 Å². The molecule has 0 aliphatic carbocycles. The predicted molar refractivity (Wildman–Crippen MR) is 114 cm³/mol. The number of para-hydroxylation sites is 1. The number of nitrogens with zero attached hydrogens (tertiary/aromatic N) is 1. The maximum Gasteiger partial charge on any atom is 0.243 e. The van der Waals surface area contributed by atoms with Crippen molar-refractivity contribution in [2.45, 2.75) is 30.7 Å². The van der Waals surface area contributed by atoms with Gasteiger partial charge in [0.2, 0.25) is 15.9 Å². The number of hydrogen-bond donors (Lipinski definition) is 1. The van der Waals surface area contributed by atoms with Crippen LogP contribution >= 0.6 is 0 Å². The molecule has 1 amide bonds. The molecule has 2 aromatic carbocycles. The van der Waals surface area contributed by atoms with Crippen molar-refractivity contribution in [1.82, 2.24) is 9.62 Å². The molecule has 1 fully saturated rings. The van der Waals surface area contributed by atoms with Crippen molar-refractivity contribution in [1.29, 1.82) is 0 Å². The maximum absolute atomic E-state index is 13.0. The van der Waals surface area contributed by atoms with Crippen LogP contribution < -0.4 is 14.8 Å². The summed E-state index contributed by atoms with van der Waals surface area (Å²) in [5.41, 5.74) is 0.881. The van der Waals surface area contributed by atoms with Gasteiger partial charge in [0.25, 0.3) is 0 Å². The van der Waals surface area contributed by atoms with Crippen LogP contribution in [0.2, 0.25) is 0 Å². The lowest BCUT2D eigenvalue weighted by Crippen LogP contribution is -2.45. The van der Waals surface area contributed by atoms with Gasteiger partial charge in [0.1, 0.15) is 11.5 Å². The smallest absolute Gasteiger partial charge is 0.243 e. The largest absolute Gasteiger partial charge is 0.497 e. The van der Waals surface area contributed by atoms with Gasteiger partial charge in [0.05, 0.1) is 31.1 Å². The van der Waals surface area contributed by atoms with E-state index in [0.717, 1.165) is 5.56 Å². The molecule has 0 bridgehead atoms. The zero-order chi connectivity index (χ0) is 21.7. The van der Waals surface area contributed by atoms with Crippen LogP contribution in [0, 0.1) is 5.92 Å². The minimum atomic E-state index is -3.67. The van der Waals surface area contributed by atoms with Crippen molar-refractivity contribution in [2.24, 2.45) is 5.92 Å². The first-order valence-corrected chi connectivity index (χ1v) is 11.4. The number of carbonyl (C=O) groups excluding carboxylic acids is 1. The third-order valence-electron chi connectivity index (χ3n) is 5.42. The van der Waals surface area contributed by atoms with E-state index in [4.69, 9.17) is 9.47 Å². The van der Waals surface area contributed by atoms with E-state index in [0.29, 0.717) is 30.9 Å². The second-order valence-electron chi connectivity index (χ2n) is 7.35. The topological polar surface area (TPSA) is 84.9 Å². The molecule has 3 rings (SSSR count). The lowest BCUT2D eigenvalue weighted by Gasteiger charge is -2.32. The van der Waals surface area contributed by atoms with E-state index in [2.05, 4.69) is 5.32 Å². The second-order valence-corrected chi connectivity index (χ2v) is 9.29. The molecule has 0 unspecified atom stereocenters. The molecule has 7 nitrogen and oxygen atoms in total. The minimum Gasteiger partial charge on any atom is -0.497 e. The van der Waals surface area contributed by atoms with E-state index in [-0.39, 0.29) is 23.4 Å². The van der Waals surface area contributed by atoms with Crippen LogP contribution in [-0.4, -0.2) is 45.9 Å². The molecule has 1 aliphatic heterocycles. The van der Waals surface area contributed by atoms with Gasteiger partial charge in [-0.15, -0.1) is 0 Å². The highest BCUT2D eigenvalue weighted by Crippen LogP contribution is 2.27. The van der Waals surface area contributed by atoms with E-state index in [9.17, 15) is 13.2 Å². The molecule has 162 valence electrons. The fourth-order valence-corrected chi connectivity index (χ4v) is 5.23. The van der Waals surface area contributed by atoms with E-state index in [1.165, 1.54) is 23.5 Å². The molecule has 30 heavy (non-hydrogen) atoms. The Balaban J connectivity index is 1.69. The molecule has 8 heteroatoms. The van der Waals surface area contributed by atoms with Crippen LogP contribution in [0.15, 0.2) is 53.4 Å². The van der Waals surface area contributed by atoms with Crippen LogP contribution in [0.25, 0.3) is 0 Å². The van der Waals surface area contributed by atoms with Crippen molar-refractivity contribution in [3.05, 3.63) is 54.1 Å². The highest BCUT2D eigenvalue weighted by atomic mass is 32.2. The normalized spacial score (nSPS) is 18.4. The van der Waals surface area contributed by atoms with Crippen molar-refractivity contribution in [2.75, 3.05) is 27.3 Å². The Hall–Kier alpha value is -2.58. The summed E-state index contributed by atoms with van der Waals surface area (Å²) in [6.07, 6.45) is 1.29. The number of rotatable bonds is 7. The minimum absolute atomic E-state index is 0.150. The lowest BCUT2D eigenvalue weighted by atomic mass is 9.97. The summed E-state index contributed by atoms with van der Waals surface area (Å²) in [6.45, 7) is 2.46. The van der Waals surface area contributed by atoms with Gasteiger partial charge in [-0.05, 0) is 50.1 Å². The van der Waals surface area contributed by atoms with Crippen LogP contribution in [0.3, 0.4) is 0 Å². The van der Waals surface area contributed by atoms with E-state index in [1.54, 1.807) is 19.2 Å². The van der Waals surface area contributed by atoms with Crippen molar-refractivity contribution in [3.8, 4) is 11.5 Å². The van der Waals surface area contributed by atoms with Gasteiger partial charge in [-0.3, -0.25) is 4.79 Å². The van der Waals surface area contributed by atoms with E-state index < -0.39 is 15.9 Å². The summed E-state index contributed by atoms with van der Waals surface area (Å²) in [7, 11) is -0.542. The first kappa shape index (κ1) is 22.1. The number of carbonyl (C=O) groups is 1. The van der Waals surface area contributed by atoms with Crippen LogP contribution in [-0.2, 0) is 14.8 Å². The number of piperidine rings is 1. The Morgan fingerprint density at radius 1 is 1.10 bits per heavy atom. The van der Waals surface area contributed by atoms with Crippen molar-refractivity contribution in [3.63, 3.8) is 0 Å². The monoisotopic (exact) mass is 432 g/mol. The number of hydrogen-bond acceptors (Lipinski definition) is 5. The Morgan fingerprint density at radius 2 is 1.80 bits per heavy atom. The lowest BCUT2D eigenvalue weighted by molar-refractivity contribution is -0.126. The molecule has 0 aromatic heterocycles. The summed E-state index contributed by atoms with van der Waals surface area (Å²) in [4.78, 5) is 13.1. The summed E-state index contributed by atoms with van der Waals surface area (Å²) in [6, 6.07) is 13.6. The van der Waals surface area contributed by atoms with Crippen molar-refractivity contribution >= 4 is 15.9 Å². The fourth-order valence-electron chi connectivity index (χ4n) is 3.70. The average Bonchev–Trinajstić information content (AvgIpc) is 2.79. The van der Waals surface area contributed by atoms with E-state index in [1.807, 2.05) is 31.2 Å². The molecule has 2 aromatic rings. The predicted octanol–water partition coefficient (Wildman–Crippen LogP) is 2.98. The van der Waals surface area contributed by atoms with Gasteiger partial charge >= 0.3 is 0 Å². The molecule has 1 heterocycles. The number of amides is 1. The summed E-state index contributed by atoms with van der Waals surface area (Å²) < 4.78 is 37.9. The number of ether oxygens (including phenoxy) is 2. The highest BCUT2D eigenvalue weighted by molar-refractivity contribution is 7.89. The molecule has 1 saturated heterocycles. The summed E-state index contributed by atoms with van der Waals surface area (Å²) in [5.74, 6) is 0.750. The van der Waals surface area contributed by atoms with Crippen molar-refractivity contribution < 1.29 is 22.7 Å². The third kappa shape index (κ3) is 4.76. The molecule has 0 radical (unpaired) electrons. The summed E-state index contributed by atoms with van der Waals surface area (Å²) >= 11 is 0. The number of sulfonamides is 1. The standard InChI is InChI=1S/C22H28N2O5S/c1-16(20-8-4-5-9-21(20)29-3)23-22(25)17-7-6-14-24(15-17)30(26,27)19-12-10-18(28-2)11-13-19/h4-5,8-13,16-17H,6-7,14-15H2,1-3H3,(H,23,25)/t16-,17-/m1/s1. The molecule has 2 atom stereocenters. The second kappa shape index (κ2) is 9.49. The molecule has 0 spiro atoms. The highest BCUT2D eigenvalue weighted by Gasteiger charge is 2.33. The number of nitrogens with one attached hydrogen (secondary N) is 1. The number of benzene rings is 2. The maximum atomic E-state index is 13.0. The third-order valence-corrected chi connectivity index (χ3v) is 7.30. The molecule has 1 N–H and O–H groups in total. The average molecular weight is 433 g/mol. The fraction of sp³-hybridized carbons (Fsp3) is 0.409. The quantitative estimate of drug-likeness (QED) is 0.727. The van der Waals surface area contributed by atoms with Crippen LogP contribution in [0.5, 0.6) is 11.5 Å². The van der Waals surface area contributed by atoms with Gasteiger partial charge < -0.3 is 14.8 Å². The van der Waals surface area contributed by atoms with E-state index >= 15 is 0 Å². The zero-order valence-corrected chi connectivity index (χ0v) is 18.3. The van der Waals surface area contributed by atoms with Gasteiger partial charge in [-0.25, -0.2) is 8.42 Å². The molecule has 1 aliphatic rings. The number of methoxy groups -OCH3 is 2. The zero-order valence-electron chi connectivity index (χ0n) is 17.5. The van der Waals surface area contributed by atoms with Gasteiger partial charge in [0.15, 0.2) is 0 Å². The SMILES string of the molecule is COc1ccc(S(=O)(=O)N2CCC[C@@H](C(=O)N[C@H](C)c3ccccc3OC)C2)cc1. The molecule has 0 saturated carbocycles. The Kier molecular flexibility index (Phi) is 6.99.